The molecule has 0 radical (unpaired) electrons. The third-order valence-corrected chi connectivity index (χ3v) is 3.41. The molecule has 2 aromatic carbocycles. The first-order valence-electron chi connectivity index (χ1n) is 6.27. The van der Waals surface area contributed by atoms with E-state index >= 15 is 0 Å². The minimum atomic E-state index is -0.438. The summed E-state index contributed by atoms with van der Waals surface area (Å²) in [5, 5.41) is 3.34. The molecule has 21 heavy (non-hydrogen) atoms. The van der Waals surface area contributed by atoms with Gasteiger partial charge in [0.05, 0.1) is 12.7 Å². The Morgan fingerprint density at radius 2 is 1.67 bits per heavy atom. The highest BCUT2D eigenvalue weighted by Gasteiger charge is 2.09. The number of carbonyl (C=O) groups excluding carboxylic acids is 2. The summed E-state index contributed by atoms with van der Waals surface area (Å²) < 4.78 is 4.60. The highest BCUT2D eigenvalue weighted by Crippen LogP contribution is 2.20. The van der Waals surface area contributed by atoms with Crippen LogP contribution in [0.15, 0.2) is 42.5 Å². The molecule has 4 nitrogen and oxygen atoms in total. The molecule has 0 aromatic heterocycles. The van der Waals surface area contributed by atoms with Crippen LogP contribution in [0.1, 0.15) is 26.3 Å². The first-order valence-corrected chi connectivity index (χ1v) is 6.65. The maximum absolute atomic E-state index is 12.1. The number of hydrogen-bond donors (Lipinski definition) is 1. The molecule has 0 unspecified atom stereocenters. The van der Waals surface area contributed by atoms with Gasteiger partial charge in [-0.05, 0) is 48.9 Å². The lowest BCUT2D eigenvalue weighted by Crippen LogP contribution is -2.12. The number of carbonyl (C=O) groups is 2. The van der Waals surface area contributed by atoms with Crippen LogP contribution in [0.2, 0.25) is 5.02 Å². The van der Waals surface area contributed by atoms with Crippen molar-refractivity contribution in [3.05, 3.63) is 64.2 Å². The van der Waals surface area contributed by atoms with E-state index in [4.69, 9.17) is 11.6 Å². The Kier molecular flexibility index (Phi) is 4.60. The van der Waals surface area contributed by atoms with E-state index in [-0.39, 0.29) is 5.91 Å². The fourth-order valence-corrected chi connectivity index (χ4v) is 1.93. The predicted octanol–water partition coefficient (Wildman–Crippen LogP) is 3.69. The van der Waals surface area contributed by atoms with Gasteiger partial charge in [0, 0.05) is 16.3 Å². The molecule has 0 saturated heterocycles. The Morgan fingerprint density at radius 3 is 2.24 bits per heavy atom. The van der Waals surface area contributed by atoms with Crippen molar-refractivity contribution in [3.8, 4) is 0 Å². The molecule has 0 aliphatic heterocycles. The van der Waals surface area contributed by atoms with Crippen LogP contribution in [0.3, 0.4) is 0 Å². The molecule has 0 aliphatic rings. The number of anilines is 1. The topological polar surface area (TPSA) is 55.4 Å². The maximum Gasteiger partial charge on any atom is 0.337 e. The number of nitrogens with one attached hydrogen (secondary N) is 1. The molecule has 5 heteroatoms. The highest BCUT2D eigenvalue weighted by molar-refractivity contribution is 6.31. The van der Waals surface area contributed by atoms with E-state index in [2.05, 4.69) is 10.1 Å². The average Bonchev–Trinajstić information content (AvgIpc) is 2.50. The summed E-state index contributed by atoms with van der Waals surface area (Å²) in [6.45, 7) is 1.89. The summed E-state index contributed by atoms with van der Waals surface area (Å²) >= 11 is 6.01. The van der Waals surface area contributed by atoms with Crippen LogP contribution in [0.5, 0.6) is 0 Å². The number of ether oxygens (including phenoxy) is 1. The van der Waals surface area contributed by atoms with E-state index in [9.17, 15) is 9.59 Å². The van der Waals surface area contributed by atoms with Gasteiger partial charge in [0.1, 0.15) is 0 Å². The van der Waals surface area contributed by atoms with Crippen molar-refractivity contribution in [2.75, 3.05) is 12.4 Å². The molecule has 0 bridgehead atoms. The van der Waals surface area contributed by atoms with Crippen molar-refractivity contribution in [3.63, 3.8) is 0 Å². The second-order valence-electron chi connectivity index (χ2n) is 4.49. The number of aryl methyl sites for hydroxylation is 1. The van der Waals surface area contributed by atoms with Gasteiger partial charge in [-0.15, -0.1) is 0 Å². The second kappa shape index (κ2) is 6.41. The number of hydrogen-bond acceptors (Lipinski definition) is 3. The lowest BCUT2D eigenvalue weighted by Gasteiger charge is -2.07. The standard InChI is InChI=1S/C16H14ClNO3/c1-10-3-8-13(9-14(10)17)18-15(19)11-4-6-12(7-5-11)16(20)21-2/h3-9H,1-2H3,(H,18,19). The van der Waals surface area contributed by atoms with E-state index < -0.39 is 5.97 Å². The average molecular weight is 304 g/mol. The minimum absolute atomic E-state index is 0.272. The molecule has 0 fully saturated rings. The van der Waals surface area contributed by atoms with Crippen molar-refractivity contribution < 1.29 is 14.3 Å². The lowest BCUT2D eigenvalue weighted by molar-refractivity contribution is 0.0600. The molecule has 0 heterocycles. The first-order chi connectivity index (χ1) is 10.0. The molecular formula is C16H14ClNO3. The molecule has 2 aromatic rings. The second-order valence-corrected chi connectivity index (χ2v) is 4.89. The van der Waals surface area contributed by atoms with Crippen molar-refractivity contribution in [2.45, 2.75) is 6.92 Å². The fourth-order valence-electron chi connectivity index (χ4n) is 1.75. The van der Waals surface area contributed by atoms with Crippen molar-refractivity contribution in [2.24, 2.45) is 0 Å². The third-order valence-electron chi connectivity index (χ3n) is 3.00. The zero-order valence-electron chi connectivity index (χ0n) is 11.6. The lowest BCUT2D eigenvalue weighted by atomic mass is 10.1. The van der Waals surface area contributed by atoms with Gasteiger partial charge in [0.25, 0.3) is 5.91 Å². The molecule has 108 valence electrons. The molecule has 0 saturated carbocycles. The van der Waals surface area contributed by atoms with Gasteiger partial charge in [-0.1, -0.05) is 17.7 Å². The molecule has 0 spiro atoms. The summed E-state index contributed by atoms with van der Waals surface area (Å²) in [6, 6.07) is 11.5. The molecular weight excluding hydrogens is 290 g/mol. The summed E-state index contributed by atoms with van der Waals surface area (Å²) in [5.74, 6) is -0.710. The molecule has 1 N–H and O–H groups in total. The van der Waals surface area contributed by atoms with E-state index in [0.717, 1.165) is 5.56 Å². The SMILES string of the molecule is COC(=O)c1ccc(C(=O)Nc2ccc(C)c(Cl)c2)cc1. The maximum atomic E-state index is 12.1. The Balaban J connectivity index is 2.13. The fraction of sp³-hybridized carbons (Fsp3) is 0.125. The van der Waals surface area contributed by atoms with Crippen LogP contribution in [0.4, 0.5) is 5.69 Å². The first kappa shape index (κ1) is 15.1. The Morgan fingerprint density at radius 1 is 1.05 bits per heavy atom. The van der Waals surface area contributed by atoms with Crippen LogP contribution < -0.4 is 5.32 Å². The van der Waals surface area contributed by atoms with E-state index in [1.807, 2.05) is 13.0 Å². The summed E-state index contributed by atoms with van der Waals surface area (Å²) in [5.41, 5.74) is 2.40. The van der Waals surface area contributed by atoms with Crippen molar-refractivity contribution in [1.29, 1.82) is 0 Å². The Bertz CT molecular complexity index is 680. The third kappa shape index (κ3) is 3.61. The number of rotatable bonds is 3. The highest BCUT2D eigenvalue weighted by atomic mass is 35.5. The number of esters is 1. The predicted molar refractivity (Wildman–Crippen MR) is 81.9 cm³/mol. The minimum Gasteiger partial charge on any atom is -0.465 e. The van der Waals surface area contributed by atoms with Gasteiger partial charge in [0.15, 0.2) is 0 Å². The van der Waals surface area contributed by atoms with Gasteiger partial charge >= 0.3 is 5.97 Å². The van der Waals surface area contributed by atoms with Gasteiger partial charge in [-0.25, -0.2) is 4.79 Å². The van der Waals surface area contributed by atoms with E-state index in [1.54, 1.807) is 36.4 Å². The van der Waals surface area contributed by atoms with Crippen LogP contribution in [-0.2, 0) is 4.74 Å². The molecule has 0 aliphatic carbocycles. The van der Waals surface area contributed by atoms with E-state index in [1.165, 1.54) is 7.11 Å². The van der Waals surface area contributed by atoms with Gasteiger partial charge < -0.3 is 10.1 Å². The van der Waals surface area contributed by atoms with Crippen molar-refractivity contribution in [1.82, 2.24) is 0 Å². The summed E-state index contributed by atoms with van der Waals surface area (Å²) in [4.78, 5) is 23.4. The number of methoxy groups -OCH3 is 1. The summed E-state index contributed by atoms with van der Waals surface area (Å²) in [6.07, 6.45) is 0. The quantitative estimate of drug-likeness (QED) is 0.880. The molecule has 2 rings (SSSR count). The zero-order valence-corrected chi connectivity index (χ0v) is 12.4. The normalized spacial score (nSPS) is 10.0. The monoisotopic (exact) mass is 303 g/mol. The number of benzene rings is 2. The van der Waals surface area contributed by atoms with Crippen LogP contribution in [0, 0.1) is 6.92 Å². The Hall–Kier alpha value is -2.33. The number of amides is 1. The van der Waals surface area contributed by atoms with Crippen molar-refractivity contribution >= 4 is 29.2 Å². The van der Waals surface area contributed by atoms with Crippen LogP contribution >= 0.6 is 11.6 Å². The zero-order chi connectivity index (χ0) is 15.4. The van der Waals surface area contributed by atoms with Gasteiger partial charge in [-0.2, -0.15) is 0 Å². The smallest absolute Gasteiger partial charge is 0.337 e. The molecule has 1 amide bonds. The van der Waals surface area contributed by atoms with Crippen LogP contribution in [-0.4, -0.2) is 19.0 Å². The van der Waals surface area contributed by atoms with E-state index in [0.29, 0.717) is 21.8 Å². The molecule has 0 atom stereocenters. The van der Waals surface area contributed by atoms with Crippen LogP contribution in [0.25, 0.3) is 0 Å². The van der Waals surface area contributed by atoms with Gasteiger partial charge in [-0.3, -0.25) is 4.79 Å². The number of halogens is 1. The van der Waals surface area contributed by atoms with Gasteiger partial charge in [0.2, 0.25) is 0 Å². The summed E-state index contributed by atoms with van der Waals surface area (Å²) in [7, 11) is 1.31. The largest absolute Gasteiger partial charge is 0.465 e. The Labute approximate surface area is 127 Å².